The number of benzene rings is 2. The van der Waals surface area contributed by atoms with Crippen LogP contribution < -0.4 is 14.8 Å². The molecule has 1 fully saturated rings. The van der Waals surface area contributed by atoms with Crippen LogP contribution in [0.15, 0.2) is 48.5 Å². The van der Waals surface area contributed by atoms with E-state index in [2.05, 4.69) is 5.32 Å². The minimum atomic E-state index is -0.752. The highest BCUT2D eigenvalue weighted by Crippen LogP contribution is 2.25. The predicted molar refractivity (Wildman–Crippen MR) is 111 cm³/mol. The molecular weight excluding hydrogens is 390 g/mol. The maximum absolute atomic E-state index is 12.9. The molecule has 7 nitrogen and oxygen atoms in total. The minimum absolute atomic E-state index is 0.237. The fraction of sp³-hybridized carbons (Fsp3) is 0.286. The van der Waals surface area contributed by atoms with E-state index in [0.29, 0.717) is 34.4 Å². The second-order valence-corrected chi connectivity index (χ2v) is 7.44. The van der Waals surface area contributed by atoms with Gasteiger partial charge in [0.1, 0.15) is 17.5 Å². The van der Waals surface area contributed by atoms with Gasteiger partial charge in [-0.1, -0.05) is 0 Å². The molecule has 1 aliphatic heterocycles. The number of hydrogen-bond donors (Lipinski definition) is 1. The topological polar surface area (TPSA) is 91.7 Å². The van der Waals surface area contributed by atoms with Crippen LogP contribution in [-0.4, -0.2) is 47.6 Å². The van der Waals surface area contributed by atoms with Crippen molar-refractivity contribution in [1.82, 2.24) is 4.90 Å². The van der Waals surface area contributed by atoms with Gasteiger partial charge in [0, 0.05) is 11.4 Å². The van der Waals surface area contributed by atoms with Crippen molar-refractivity contribution in [3.63, 3.8) is 0 Å². The number of thioether (sulfide) groups is 1. The Labute approximate surface area is 173 Å². The summed E-state index contributed by atoms with van der Waals surface area (Å²) in [5, 5.41) is 11.7. The highest BCUT2D eigenvalue weighted by atomic mass is 32.2. The summed E-state index contributed by atoms with van der Waals surface area (Å²) >= 11 is 1.52. The highest BCUT2D eigenvalue weighted by Gasteiger charge is 2.37. The van der Waals surface area contributed by atoms with E-state index in [4.69, 9.17) is 14.7 Å². The maximum atomic E-state index is 12.9. The number of hydrogen-bond acceptors (Lipinski definition) is 6. The monoisotopic (exact) mass is 411 g/mol. The Morgan fingerprint density at radius 1 is 1.17 bits per heavy atom. The molecule has 2 aromatic rings. The molecule has 0 bridgehead atoms. The molecule has 0 spiro atoms. The number of methoxy groups -OCH3 is 1. The summed E-state index contributed by atoms with van der Waals surface area (Å²) in [6, 6.07) is 15.0. The van der Waals surface area contributed by atoms with Gasteiger partial charge >= 0.3 is 0 Å². The zero-order valence-corrected chi connectivity index (χ0v) is 16.9. The van der Waals surface area contributed by atoms with Crippen molar-refractivity contribution in [2.45, 2.75) is 19.1 Å². The van der Waals surface area contributed by atoms with Crippen molar-refractivity contribution in [1.29, 1.82) is 5.26 Å². The van der Waals surface area contributed by atoms with Crippen LogP contribution in [0.1, 0.15) is 12.5 Å². The van der Waals surface area contributed by atoms with E-state index in [-0.39, 0.29) is 11.8 Å². The lowest BCUT2D eigenvalue weighted by Gasteiger charge is -2.26. The average molecular weight is 411 g/mol. The predicted octanol–water partition coefficient (Wildman–Crippen LogP) is 2.87. The van der Waals surface area contributed by atoms with Gasteiger partial charge in [-0.05, 0) is 55.5 Å². The molecule has 2 amide bonds. The first-order valence-corrected chi connectivity index (χ1v) is 10.2. The van der Waals surface area contributed by atoms with Crippen LogP contribution in [0.2, 0.25) is 0 Å². The van der Waals surface area contributed by atoms with Crippen LogP contribution in [0.4, 0.5) is 5.69 Å². The number of anilines is 1. The molecular formula is C21H21N3O4S. The summed E-state index contributed by atoms with van der Waals surface area (Å²) < 4.78 is 10.8. The van der Waals surface area contributed by atoms with Gasteiger partial charge in [-0.3, -0.25) is 9.59 Å². The number of nitrogens with one attached hydrogen (secondary N) is 1. The lowest BCUT2D eigenvalue weighted by molar-refractivity contribution is -0.141. The lowest BCUT2D eigenvalue weighted by Crippen LogP contribution is -2.48. The summed E-state index contributed by atoms with van der Waals surface area (Å²) in [6.07, 6.45) is -0.752. The quantitative estimate of drug-likeness (QED) is 0.786. The Bertz CT molecular complexity index is 909. The van der Waals surface area contributed by atoms with Gasteiger partial charge in [0.05, 0.1) is 24.6 Å². The smallest absolute Gasteiger partial charge is 0.264 e. The number of nitrogens with zero attached hydrogens (tertiary/aromatic N) is 2. The van der Waals surface area contributed by atoms with E-state index >= 15 is 0 Å². The van der Waals surface area contributed by atoms with Crippen LogP contribution in [0.25, 0.3) is 0 Å². The standard InChI is InChI=1S/C21H21N3O4S/c1-14(28-18-7-3-15(11-22)4-8-18)21(26)24-13-29-12-19(24)20(25)23-16-5-9-17(27-2)10-6-16/h3-10,14,19H,12-13H2,1-2H3,(H,23,25). The number of carbonyl (C=O) groups is 2. The third kappa shape index (κ3) is 5.00. The normalized spacial score (nSPS) is 16.6. The van der Waals surface area contributed by atoms with Crippen molar-refractivity contribution < 1.29 is 19.1 Å². The van der Waals surface area contributed by atoms with Gasteiger partial charge in [0.2, 0.25) is 5.91 Å². The van der Waals surface area contributed by atoms with Gasteiger partial charge in [0.25, 0.3) is 5.91 Å². The fourth-order valence-electron chi connectivity index (χ4n) is 2.87. The van der Waals surface area contributed by atoms with Crippen molar-refractivity contribution in [2.24, 2.45) is 0 Å². The SMILES string of the molecule is COc1ccc(NC(=O)C2CSCN2C(=O)C(C)Oc2ccc(C#N)cc2)cc1. The second-order valence-electron chi connectivity index (χ2n) is 6.44. The van der Waals surface area contributed by atoms with Crippen LogP contribution in [0, 0.1) is 11.3 Å². The zero-order chi connectivity index (χ0) is 20.8. The minimum Gasteiger partial charge on any atom is -0.497 e. The molecule has 0 saturated carbocycles. The molecule has 1 heterocycles. The molecule has 150 valence electrons. The third-order valence-corrected chi connectivity index (χ3v) is 5.48. The summed E-state index contributed by atoms with van der Waals surface area (Å²) in [6.45, 7) is 1.65. The molecule has 8 heteroatoms. The summed E-state index contributed by atoms with van der Waals surface area (Å²) in [7, 11) is 1.58. The van der Waals surface area contributed by atoms with E-state index in [1.807, 2.05) is 6.07 Å². The van der Waals surface area contributed by atoms with Crippen molar-refractivity contribution in [3.8, 4) is 17.6 Å². The molecule has 0 radical (unpaired) electrons. The second kappa shape index (κ2) is 9.34. The van der Waals surface area contributed by atoms with E-state index in [0.717, 1.165) is 0 Å². The average Bonchev–Trinajstić information content (AvgIpc) is 3.24. The Morgan fingerprint density at radius 2 is 1.83 bits per heavy atom. The van der Waals surface area contributed by atoms with Gasteiger partial charge in [-0.15, -0.1) is 11.8 Å². The van der Waals surface area contributed by atoms with Crippen LogP contribution in [0.3, 0.4) is 0 Å². The molecule has 0 aliphatic carbocycles. The molecule has 29 heavy (non-hydrogen) atoms. The van der Waals surface area contributed by atoms with Crippen molar-refractivity contribution >= 4 is 29.3 Å². The van der Waals surface area contributed by atoms with Gasteiger partial charge in [-0.25, -0.2) is 0 Å². The molecule has 1 saturated heterocycles. The molecule has 1 aliphatic rings. The molecule has 2 aromatic carbocycles. The Kier molecular flexibility index (Phi) is 6.62. The third-order valence-electron chi connectivity index (χ3n) is 4.47. The van der Waals surface area contributed by atoms with Gasteiger partial charge < -0.3 is 19.7 Å². The molecule has 1 N–H and O–H groups in total. The Hall–Kier alpha value is -3.18. The summed E-state index contributed by atoms with van der Waals surface area (Å²) in [5.41, 5.74) is 1.16. The number of carbonyl (C=O) groups excluding carboxylic acids is 2. The largest absolute Gasteiger partial charge is 0.497 e. The van der Waals surface area contributed by atoms with Crippen molar-refractivity contribution in [3.05, 3.63) is 54.1 Å². The summed E-state index contributed by atoms with van der Waals surface area (Å²) in [4.78, 5) is 27.1. The maximum Gasteiger partial charge on any atom is 0.264 e. The van der Waals surface area contributed by atoms with Gasteiger partial charge in [0.15, 0.2) is 6.10 Å². The van der Waals surface area contributed by atoms with Gasteiger partial charge in [-0.2, -0.15) is 5.26 Å². The molecule has 3 rings (SSSR count). The number of ether oxygens (including phenoxy) is 2. The first kappa shape index (κ1) is 20.6. The summed E-state index contributed by atoms with van der Waals surface area (Å²) in [5.74, 6) is 1.66. The molecule has 0 aromatic heterocycles. The Morgan fingerprint density at radius 3 is 2.45 bits per heavy atom. The Balaban J connectivity index is 1.62. The molecule has 2 unspecified atom stereocenters. The lowest BCUT2D eigenvalue weighted by atomic mass is 10.2. The number of nitriles is 1. The van der Waals surface area contributed by atoms with Crippen molar-refractivity contribution in [2.75, 3.05) is 24.1 Å². The highest BCUT2D eigenvalue weighted by molar-refractivity contribution is 7.99. The van der Waals surface area contributed by atoms with E-state index in [1.54, 1.807) is 62.6 Å². The number of rotatable bonds is 6. The van der Waals surface area contributed by atoms with Crippen LogP contribution in [-0.2, 0) is 9.59 Å². The zero-order valence-electron chi connectivity index (χ0n) is 16.1. The first-order chi connectivity index (χ1) is 14.0. The first-order valence-electron chi connectivity index (χ1n) is 9.02. The van der Waals surface area contributed by atoms with E-state index in [1.165, 1.54) is 16.7 Å². The fourth-order valence-corrected chi connectivity index (χ4v) is 4.04. The van der Waals surface area contributed by atoms with E-state index < -0.39 is 12.1 Å². The van der Waals surface area contributed by atoms with Crippen LogP contribution in [0.5, 0.6) is 11.5 Å². The number of amides is 2. The van der Waals surface area contributed by atoms with E-state index in [9.17, 15) is 9.59 Å². The van der Waals surface area contributed by atoms with Crippen LogP contribution >= 0.6 is 11.8 Å². The molecule has 2 atom stereocenters.